The van der Waals surface area contributed by atoms with Crippen LogP contribution in [0.3, 0.4) is 0 Å². The molecule has 0 aromatic heterocycles. The van der Waals surface area contributed by atoms with E-state index in [1.807, 2.05) is 0 Å². The third-order valence-corrected chi connectivity index (χ3v) is 4.14. The Hall–Kier alpha value is -0.0800. The minimum absolute atomic E-state index is 0.430. The van der Waals surface area contributed by atoms with Crippen LogP contribution in [-0.2, 0) is 0 Å². The second-order valence-electron chi connectivity index (χ2n) is 5.43. The Bertz CT molecular complexity index is 181. The molecule has 0 aromatic carbocycles. The summed E-state index contributed by atoms with van der Waals surface area (Å²) in [5, 5.41) is 7.31. The average molecular weight is 210 g/mol. The first-order valence-electron chi connectivity index (χ1n) is 6.80. The fraction of sp³-hybridized carbons (Fsp3) is 1.00. The molecule has 0 amide bonds. The molecule has 2 aliphatic rings. The predicted octanol–water partition coefficient (Wildman–Crippen LogP) is 2.30. The maximum absolute atomic E-state index is 3.67. The summed E-state index contributed by atoms with van der Waals surface area (Å²) in [6, 6.07) is 0. The van der Waals surface area contributed by atoms with Crippen LogP contribution in [-0.4, -0.2) is 25.2 Å². The monoisotopic (exact) mass is 210 g/mol. The molecule has 1 unspecified atom stereocenters. The van der Waals surface area contributed by atoms with E-state index in [9.17, 15) is 0 Å². The second kappa shape index (κ2) is 5.31. The van der Waals surface area contributed by atoms with Crippen molar-refractivity contribution in [2.75, 3.05) is 19.6 Å². The summed E-state index contributed by atoms with van der Waals surface area (Å²) < 4.78 is 0. The van der Waals surface area contributed by atoms with Crippen LogP contribution in [0.5, 0.6) is 0 Å². The van der Waals surface area contributed by atoms with Crippen LogP contribution in [0.15, 0.2) is 0 Å². The Balaban J connectivity index is 1.54. The van der Waals surface area contributed by atoms with Crippen molar-refractivity contribution in [1.82, 2.24) is 10.6 Å². The largest absolute Gasteiger partial charge is 0.315 e. The molecule has 1 saturated carbocycles. The van der Waals surface area contributed by atoms with E-state index in [4.69, 9.17) is 0 Å². The molecule has 1 heterocycles. The molecule has 1 aliphatic carbocycles. The van der Waals surface area contributed by atoms with Gasteiger partial charge in [0.05, 0.1) is 0 Å². The zero-order chi connectivity index (χ0) is 10.6. The SMILES string of the molecule is CCC1(CNCCCC2CC2)CCCN1. The minimum Gasteiger partial charge on any atom is -0.315 e. The van der Waals surface area contributed by atoms with Crippen molar-refractivity contribution in [1.29, 1.82) is 0 Å². The molecule has 2 nitrogen and oxygen atoms in total. The van der Waals surface area contributed by atoms with Gasteiger partial charge in [-0.15, -0.1) is 0 Å². The van der Waals surface area contributed by atoms with Crippen LogP contribution >= 0.6 is 0 Å². The lowest BCUT2D eigenvalue weighted by molar-refractivity contribution is 0.339. The zero-order valence-electron chi connectivity index (χ0n) is 10.1. The maximum Gasteiger partial charge on any atom is 0.0304 e. The molecular weight excluding hydrogens is 184 g/mol. The van der Waals surface area contributed by atoms with Gasteiger partial charge in [0.25, 0.3) is 0 Å². The molecule has 1 saturated heterocycles. The van der Waals surface area contributed by atoms with Crippen molar-refractivity contribution in [2.45, 2.75) is 57.4 Å². The molecule has 0 spiro atoms. The molecule has 1 aliphatic heterocycles. The highest BCUT2D eigenvalue weighted by atomic mass is 15.1. The third-order valence-electron chi connectivity index (χ3n) is 4.14. The molecule has 2 heteroatoms. The van der Waals surface area contributed by atoms with Gasteiger partial charge in [-0.2, -0.15) is 0 Å². The molecule has 2 rings (SSSR count). The summed E-state index contributed by atoms with van der Waals surface area (Å²) in [5.41, 5.74) is 0.430. The van der Waals surface area contributed by atoms with Crippen LogP contribution in [0.4, 0.5) is 0 Å². The molecular formula is C13H26N2. The maximum atomic E-state index is 3.67. The van der Waals surface area contributed by atoms with Crippen LogP contribution < -0.4 is 10.6 Å². The Morgan fingerprint density at radius 2 is 2.27 bits per heavy atom. The Labute approximate surface area is 94.2 Å². The van der Waals surface area contributed by atoms with Gasteiger partial charge >= 0.3 is 0 Å². The fourth-order valence-corrected chi connectivity index (χ4v) is 2.70. The molecule has 0 aromatic rings. The van der Waals surface area contributed by atoms with Crippen molar-refractivity contribution in [3.05, 3.63) is 0 Å². The Morgan fingerprint density at radius 1 is 1.40 bits per heavy atom. The number of nitrogens with one attached hydrogen (secondary N) is 2. The van der Waals surface area contributed by atoms with Crippen LogP contribution in [0, 0.1) is 5.92 Å². The van der Waals surface area contributed by atoms with Crippen LogP contribution in [0.1, 0.15) is 51.9 Å². The van der Waals surface area contributed by atoms with Gasteiger partial charge < -0.3 is 10.6 Å². The first-order valence-corrected chi connectivity index (χ1v) is 6.80. The lowest BCUT2D eigenvalue weighted by atomic mass is 9.94. The van der Waals surface area contributed by atoms with Crippen molar-refractivity contribution in [2.24, 2.45) is 5.92 Å². The highest BCUT2D eigenvalue weighted by molar-refractivity contribution is 4.93. The van der Waals surface area contributed by atoms with Crippen molar-refractivity contribution < 1.29 is 0 Å². The van der Waals surface area contributed by atoms with Crippen LogP contribution in [0.2, 0.25) is 0 Å². The smallest absolute Gasteiger partial charge is 0.0304 e. The molecule has 0 radical (unpaired) electrons. The van der Waals surface area contributed by atoms with Gasteiger partial charge in [-0.25, -0.2) is 0 Å². The molecule has 2 N–H and O–H groups in total. The van der Waals surface area contributed by atoms with E-state index in [0.717, 1.165) is 5.92 Å². The standard InChI is InChI=1S/C13H26N2/c1-2-13(8-4-10-15-13)11-14-9-3-5-12-6-7-12/h12,14-15H,2-11H2,1H3. The number of rotatable bonds is 7. The fourth-order valence-electron chi connectivity index (χ4n) is 2.70. The summed E-state index contributed by atoms with van der Waals surface area (Å²) in [6.45, 7) is 5.93. The van der Waals surface area contributed by atoms with E-state index in [-0.39, 0.29) is 0 Å². The average Bonchev–Trinajstić information content (AvgIpc) is 2.96. The van der Waals surface area contributed by atoms with E-state index < -0.39 is 0 Å². The number of hydrogen-bond donors (Lipinski definition) is 2. The molecule has 88 valence electrons. The van der Waals surface area contributed by atoms with Crippen LogP contribution in [0.25, 0.3) is 0 Å². The van der Waals surface area contributed by atoms with Gasteiger partial charge in [-0.1, -0.05) is 19.8 Å². The highest BCUT2D eigenvalue weighted by Gasteiger charge is 2.30. The number of hydrogen-bond acceptors (Lipinski definition) is 2. The van der Waals surface area contributed by atoms with Gasteiger partial charge in [0.15, 0.2) is 0 Å². The highest BCUT2D eigenvalue weighted by Crippen LogP contribution is 2.33. The van der Waals surface area contributed by atoms with Crippen molar-refractivity contribution in [3.8, 4) is 0 Å². The third kappa shape index (κ3) is 3.46. The van der Waals surface area contributed by atoms with E-state index in [0.29, 0.717) is 5.54 Å². The Kier molecular flexibility index (Phi) is 4.04. The Morgan fingerprint density at radius 3 is 2.87 bits per heavy atom. The molecule has 0 bridgehead atoms. The summed E-state index contributed by atoms with van der Waals surface area (Å²) in [7, 11) is 0. The quantitative estimate of drug-likeness (QED) is 0.630. The normalized spacial score (nSPS) is 31.0. The first kappa shape index (κ1) is 11.4. The van der Waals surface area contributed by atoms with E-state index >= 15 is 0 Å². The van der Waals surface area contributed by atoms with Crippen molar-refractivity contribution in [3.63, 3.8) is 0 Å². The summed E-state index contributed by atoms with van der Waals surface area (Å²) in [6.07, 6.45) is 9.82. The van der Waals surface area contributed by atoms with Gasteiger partial charge in [0.1, 0.15) is 0 Å². The lowest BCUT2D eigenvalue weighted by Gasteiger charge is -2.28. The predicted molar refractivity (Wildman–Crippen MR) is 65.1 cm³/mol. The topological polar surface area (TPSA) is 24.1 Å². The zero-order valence-corrected chi connectivity index (χ0v) is 10.1. The summed E-state index contributed by atoms with van der Waals surface area (Å²) >= 11 is 0. The lowest BCUT2D eigenvalue weighted by Crippen LogP contribution is -2.48. The first-order chi connectivity index (χ1) is 7.35. The minimum atomic E-state index is 0.430. The molecule has 2 fully saturated rings. The van der Waals surface area contributed by atoms with Gasteiger partial charge in [-0.3, -0.25) is 0 Å². The van der Waals surface area contributed by atoms with E-state index in [1.165, 1.54) is 64.6 Å². The van der Waals surface area contributed by atoms with Gasteiger partial charge in [0.2, 0.25) is 0 Å². The molecule has 1 atom stereocenters. The van der Waals surface area contributed by atoms with Gasteiger partial charge in [-0.05, 0) is 51.1 Å². The van der Waals surface area contributed by atoms with E-state index in [1.54, 1.807) is 0 Å². The summed E-state index contributed by atoms with van der Waals surface area (Å²) in [4.78, 5) is 0. The van der Waals surface area contributed by atoms with Crippen molar-refractivity contribution >= 4 is 0 Å². The van der Waals surface area contributed by atoms with Gasteiger partial charge in [0, 0.05) is 12.1 Å². The molecule has 15 heavy (non-hydrogen) atoms. The summed E-state index contributed by atoms with van der Waals surface area (Å²) in [5.74, 6) is 1.09. The second-order valence-corrected chi connectivity index (χ2v) is 5.43. The van der Waals surface area contributed by atoms with E-state index in [2.05, 4.69) is 17.6 Å².